The van der Waals surface area contributed by atoms with Gasteiger partial charge in [-0.05, 0) is 36.4 Å². The molecule has 0 aliphatic carbocycles. The lowest BCUT2D eigenvalue weighted by Gasteiger charge is -2.29. The second-order valence-electron chi connectivity index (χ2n) is 4.00. The zero-order valence-electron chi connectivity index (χ0n) is 9.47. The lowest BCUT2D eigenvalue weighted by atomic mass is 10.2. The molecule has 0 aromatic heterocycles. The zero-order valence-corrected chi connectivity index (χ0v) is 10.2. The van der Waals surface area contributed by atoms with E-state index in [4.69, 9.17) is 16.3 Å². The van der Waals surface area contributed by atoms with Gasteiger partial charge in [0.15, 0.2) is 5.75 Å². The molecule has 4 heteroatoms. The van der Waals surface area contributed by atoms with E-state index in [2.05, 4.69) is 0 Å². The molecule has 90 valence electrons. The van der Waals surface area contributed by atoms with Crippen molar-refractivity contribution >= 4 is 28.9 Å². The van der Waals surface area contributed by atoms with E-state index < -0.39 is 0 Å². The van der Waals surface area contributed by atoms with Gasteiger partial charge < -0.3 is 9.64 Å². The lowest BCUT2D eigenvalue weighted by molar-refractivity contribution is -0.133. The molecule has 2 aromatic carbocycles. The summed E-state index contributed by atoms with van der Waals surface area (Å²) in [5, 5.41) is 0.673. The van der Waals surface area contributed by atoms with Gasteiger partial charge in [0.2, 0.25) is 0 Å². The standard InChI is InChI=1S/C14H10ClNO2/c15-10-5-7-11(8-6-10)16-9-14(17)18-13-4-2-1-3-12(13)16/h1-8H,9H2. The van der Waals surface area contributed by atoms with Gasteiger partial charge in [-0.3, -0.25) is 0 Å². The highest BCUT2D eigenvalue weighted by molar-refractivity contribution is 6.30. The average molecular weight is 260 g/mol. The van der Waals surface area contributed by atoms with Crippen LogP contribution >= 0.6 is 11.6 Å². The third kappa shape index (κ3) is 1.93. The molecule has 1 aliphatic rings. The summed E-state index contributed by atoms with van der Waals surface area (Å²) in [6.45, 7) is 0.207. The molecule has 0 N–H and O–H groups in total. The number of hydrogen-bond donors (Lipinski definition) is 0. The Morgan fingerprint density at radius 2 is 1.78 bits per heavy atom. The summed E-state index contributed by atoms with van der Waals surface area (Å²) >= 11 is 5.87. The van der Waals surface area contributed by atoms with Crippen LogP contribution < -0.4 is 9.64 Å². The summed E-state index contributed by atoms with van der Waals surface area (Å²) in [6, 6.07) is 14.9. The van der Waals surface area contributed by atoms with Crippen molar-refractivity contribution in [2.75, 3.05) is 11.4 Å². The van der Waals surface area contributed by atoms with Crippen LogP contribution in [-0.4, -0.2) is 12.5 Å². The van der Waals surface area contributed by atoms with E-state index >= 15 is 0 Å². The maximum atomic E-state index is 11.6. The topological polar surface area (TPSA) is 29.5 Å². The Hall–Kier alpha value is -2.00. The van der Waals surface area contributed by atoms with E-state index in [0.717, 1.165) is 11.4 Å². The van der Waals surface area contributed by atoms with E-state index in [1.807, 2.05) is 35.2 Å². The molecule has 0 spiro atoms. The Kier molecular flexibility index (Phi) is 2.68. The van der Waals surface area contributed by atoms with Crippen LogP contribution in [0.5, 0.6) is 5.75 Å². The average Bonchev–Trinajstić information content (AvgIpc) is 2.38. The molecule has 0 radical (unpaired) electrons. The molecule has 0 fully saturated rings. The number of esters is 1. The SMILES string of the molecule is O=C1CN(c2ccc(Cl)cc2)c2ccccc2O1. The number of benzene rings is 2. The number of anilines is 2. The molecule has 0 bridgehead atoms. The van der Waals surface area contributed by atoms with Crippen molar-refractivity contribution in [2.45, 2.75) is 0 Å². The van der Waals surface area contributed by atoms with Crippen molar-refractivity contribution in [3.63, 3.8) is 0 Å². The second-order valence-corrected chi connectivity index (χ2v) is 4.44. The number of para-hydroxylation sites is 2. The number of nitrogens with zero attached hydrogens (tertiary/aromatic N) is 1. The summed E-state index contributed by atoms with van der Waals surface area (Å²) in [5.41, 5.74) is 1.81. The number of halogens is 1. The lowest BCUT2D eigenvalue weighted by Crippen LogP contribution is -2.33. The second kappa shape index (κ2) is 4.35. The first-order valence-electron chi connectivity index (χ1n) is 5.57. The summed E-state index contributed by atoms with van der Waals surface area (Å²) in [7, 11) is 0. The Labute approximate surface area is 110 Å². The van der Waals surface area contributed by atoms with Crippen molar-refractivity contribution < 1.29 is 9.53 Å². The highest BCUT2D eigenvalue weighted by Crippen LogP contribution is 2.36. The summed E-state index contributed by atoms with van der Waals surface area (Å²) < 4.78 is 5.20. The summed E-state index contributed by atoms with van der Waals surface area (Å²) in [4.78, 5) is 13.5. The largest absolute Gasteiger partial charge is 0.423 e. The van der Waals surface area contributed by atoms with Crippen LogP contribution in [0.2, 0.25) is 5.02 Å². The Morgan fingerprint density at radius 3 is 2.56 bits per heavy atom. The van der Waals surface area contributed by atoms with Crippen LogP contribution in [0, 0.1) is 0 Å². The minimum Gasteiger partial charge on any atom is -0.423 e. The number of carbonyl (C=O) groups is 1. The van der Waals surface area contributed by atoms with Gasteiger partial charge in [0.05, 0.1) is 5.69 Å². The van der Waals surface area contributed by atoms with Crippen molar-refractivity contribution in [3.8, 4) is 5.75 Å². The molecule has 0 saturated carbocycles. The minimum atomic E-state index is -0.261. The molecular weight excluding hydrogens is 250 g/mol. The third-order valence-corrected chi connectivity index (χ3v) is 3.06. The monoisotopic (exact) mass is 259 g/mol. The van der Waals surface area contributed by atoms with Crippen LogP contribution in [0.1, 0.15) is 0 Å². The predicted octanol–water partition coefficient (Wildman–Crippen LogP) is 3.40. The van der Waals surface area contributed by atoms with E-state index in [1.165, 1.54) is 0 Å². The van der Waals surface area contributed by atoms with Crippen LogP contribution in [-0.2, 0) is 4.79 Å². The molecule has 1 aliphatic heterocycles. The number of fused-ring (bicyclic) bond motifs is 1. The minimum absolute atomic E-state index is 0.207. The number of carbonyl (C=O) groups excluding carboxylic acids is 1. The summed E-state index contributed by atoms with van der Waals surface area (Å²) in [5.74, 6) is 0.326. The number of rotatable bonds is 1. The maximum Gasteiger partial charge on any atom is 0.331 e. The predicted molar refractivity (Wildman–Crippen MR) is 70.5 cm³/mol. The molecule has 3 rings (SSSR count). The zero-order chi connectivity index (χ0) is 12.5. The summed E-state index contributed by atoms with van der Waals surface area (Å²) in [6.07, 6.45) is 0. The molecule has 3 nitrogen and oxygen atoms in total. The van der Waals surface area contributed by atoms with Gasteiger partial charge in [-0.2, -0.15) is 0 Å². The molecule has 18 heavy (non-hydrogen) atoms. The fraction of sp³-hybridized carbons (Fsp3) is 0.0714. The smallest absolute Gasteiger partial charge is 0.331 e. The molecule has 2 aromatic rings. The first-order chi connectivity index (χ1) is 8.74. The quantitative estimate of drug-likeness (QED) is 0.581. The van der Waals surface area contributed by atoms with Crippen LogP contribution in [0.4, 0.5) is 11.4 Å². The van der Waals surface area contributed by atoms with Gasteiger partial charge in [-0.15, -0.1) is 0 Å². The number of hydrogen-bond acceptors (Lipinski definition) is 3. The van der Waals surface area contributed by atoms with E-state index in [0.29, 0.717) is 10.8 Å². The van der Waals surface area contributed by atoms with Gasteiger partial charge in [-0.1, -0.05) is 23.7 Å². The Balaban J connectivity index is 2.07. The van der Waals surface area contributed by atoms with E-state index in [-0.39, 0.29) is 12.5 Å². The molecule has 0 saturated heterocycles. The molecule has 0 unspecified atom stereocenters. The third-order valence-electron chi connectivity index (χ3n) is 2.81. The van der Waals surface area contributed by atoms with Gasteiger partial charge in [0, 0.05) is 10.7 Å². The van der Waals surface area contributed by atoms with Gasteiger partial charge in [-0.25, -0.2) is 4.79 Å². The van der Waals surface area contributed by atoms with Crippen LogP contribution in [0.3, 0.4) is 0 Å². The van der Waals surface area contributed by atoms with Gasteiger partial charge in [0.1, 0.15) is 6.54 Å². The molecule has 0 atom stereocenters. The fourth-order valence-electron chi connectivity index (χ4n) is 1.99. The Bertz CT molecular complexity index is 595. The van der Waals surface area contributed by atoms with E-state index in [9.17, 15) is 4.79 Å². The van der Waals surface area contributed by atoms with Crippen LogP contribution in [0.15, 0.2) is 48.5 Å². The first kappa shape index (κ1) is 11.1. The fourth-order valence-corrected chi connectivity index (χ4v) is 2.11. The van der Waals surface area contributed by atoms with Crippen molar-refractivity contribution in [2.24, 2.45) is 0 Å². The van der Waals surface area contributed by atoms with Crippen molar-refractivity contribution in [3.05, 3.63) is 53.6 Å². The molecular formula is C14H10ClNO2. The highest BCUT2D eigenvalue weighted by Gasteiger charge is 2.24. The number of ether oxygens (including phenoxy) is 1. The maximum absolute atomic E-state index is 11.6. The first-order valence-corrected chi connectivity index (χ1v) is 5.95. The van der Waals surface area contributed by atoms with Crippen molar-refractivity contribution in [1.29, 1.82) is 0 Å². The normalized spacial score (nSPS) is 14.1. The van der Waals surface area contributed by atoms with Crippen molar-refractivity contribution in [1.82, 2.24) is 0 Å². The molecule has 1 heterocycles. The molecule has 0 amide bonds. The highest BCUT2D eigenvalue weighted by atomic mass is 35.5. The van der Waals surface area contributed by atoms with Crippen LogP contribution in [0.25, 0.3) is 0 Å². The van der Waals surface area contributed by atoms with E-state index in [1.54, 1.807) is 18.2 Å². The van der Waals surface area contributed by atoms with Gasteiger partial charge in [0.25, 0.3) is 0 Å². The van der Waals surface area contributed by atoms with Gasteiger partial charge >= 0.3 is 5.97 Å². The Morgan fingerprint density at radius 1 is 1.06 bits per heavy atom.